The smallest absolute Gasteiger partial charge is 0.258 e. The highest BCUT2D eigenvalue weighted by atomic mass is 32.2. The molecule has 1 fully saturated rings. The number of pyridine rings is 1. The molecule has 158 valence electrons. The maximum absolute atomic E-state index is 13.7. The van der Waals surface area contributed by atoms with E-state index in [1.165, 1.54) is 11.8 Å². The van der Waals surface area contributed by atoms with Gasteiger partial charge in [0, 0.05) is 47.5 Å². The second kappa shape index (κ2) is 8.78. The lowest BCUT2D eigenvalue weighted by Crippen LogP contribution is -2.30. The van der Waals surface area contributed by atoms with Gasteiger partial charge in [0.1, 0.15) is 6.17 Å². The normalized spacial score (nSPS) is 17.0. The van der Waals surface area contributed by atoms with Crippen molar-refractivity contribution in [3.8, 4) is 0 Å². The van der Waals surface area contributed by atoms with Crippen molar-refractivity contribution >= 4 is 39.1 Å². The van der Waals surface area contributed by atoms with Crippen molar-refractivity contribution in [3.05, 3.63) is 34.7 Å². The van der Waals surface area contributed by atoms with Crippen LogP contribution in [0, 0.1) is 11.3 Å². The summed E-state index contributed by atoms with van der Waals surface area (Å²) in [5, 5.41) is 13.7. The van der Waals surface area contributed by atoms with Crippen molar-refractivity contribution in [1.29, 1.82) is 5.41 Å². The van der Waals surface area contributed by atoms with Crippen LogP contribution >= 0.6 is 11.8 Å². The maximum Gasteiger partial charge on any atom is 0.258 e. The first-order valence-corrected chi connectivity index (χ1v) is 11.2. The number of hydrogen-bond acceptors (Lipinski definition) is 4. The van der Waals surface area contributed by atoms with Crippen LogP contribution < -0.4 is 15.8 Å². The summed E-state index contributed by atoms with van der Waals surface area (Å²) < 4.78 is 15.5. The molecule has 0 aliphatic heterocycles. The highest BCUT2D eigenvalue weighted by molar-refractivity contribution is 8.14. The number of anilines is 2. The Labute approximate surface area is 176 Å². The monoisotopic (exact) mass is 418 g/mol. The lowest BCUT2D eigenvalue weighted by atomic mass is 10.0. The van der Waals surface area contributed by atoms with Gasteiger partial charge < -0.3 is 14.8 Å². The predicted molar refractivity (Wildman–Crippen MR) is 124 cm³/mol. The van der Waals surface area contributed by atoms with Crippen molar-refractivity contribution in [2.75, 3.05) is 23.8 Å². The summed E-state index contributed by atoms with van der Waals surface area (Å²) in [6.45, 7) is 8.22. The number of alkyl halides is 1. The van der Waals surface area contributed by atoms with E-state index < -0.39 is 6.17 Å². The fraction of sp³-hybridized carbons (Fsp3) is 0.545. The first-order chi connectivity index (χ1) is 13.7. The Bertz CT molecular complexity index is 954. The van der Waals surface area contributed by atoms with Gasteiger partial charge in [-0.3, -0.25) is 10.2 Å². The molecule has 0 bridgehead atoms. The van der Waals surface area contributed by atoms with Crippen LogP contribution in [0.5, 0.6) is 0 Å². The molecule has 1 heterocycles. The fourth-order valence-electron chi connectivity index (χ4n) is 3.39. The number of benzene rings is 1. The highest BCUT2D eigenvalue weighted by Gasteiger charge is 2.28. The molecule has 1 aliphatic rings. The molecule has 1 aromatic heterocycles. The molecule has 0 amide bonds. The lowest BCUT2D eigenvalue weighted by Gasteiger charge is -2.27. The molecule has 1 aliphatic carbocycles. The third-order valence-electron chi connectivity index (χ3n) is 5.77. The molecule has 1 saturated carbocycles. The van der Waals surface area contributed by atoms with E-state index in [9.17, 15) is 9.18 Å². The Hall–Kier alpha value is -2.02. The van der Waals surface area contributed by atoms with E-state index in [2.05, 4.69) is 5.32 Å². The zero-order valence-electron chi connectivity index (χ0n) is 17.8. The maximum atomic E-state index is 13.7. The van der Waals surface area contributed by atoms with Crippen molar-refractivity contribution in [2.24, 2.45) is 5.92 Å². The van der Waals surface area contributed by atoms with Gasteiger partial charge in [-0.05, 0) is 50.8 Å². The van der Waals surface area contributed by atoms with Gasteiger partial charge in [-0.15, -0.1) is 0 Å². The van der Waals surface area contributed by atoms with Crippen molar-refractivity contribution in [3.63, 3.8) is 0 Å². The largest absolute Gasteiger partial charge is 0.385 e. The number of aromatic nitrogens is 1. The Balaban J connectivity index is 2.01. The van der Waals surface area contributed by atoms with Crippen molar-refractivity contribution < 1.29 is 4.39 Å². The van der Waals surface area contributed by atoms with E-state index in [0.717, 1.165) is 36.1 Å². The highest BCUT2D eigenvalue weighted by Crippen LogP contribution is 2.37. The molecule has 5 nitrogen and oxygen atoms in total. The fourth-order valence-corrected chi connectivity index (χ4v) is 4.43. The standard InChI is InChI=1S/C22H31FN4OS/c1-6-25-16-7-10-18-19(11-16)20(12-27(21(18)28)17-8-9-17)26(5)22(24)29-15(4)13(2)14(3)23/h7,10-15,17,24-25H,6,8-9H2,1-5H3/t13-,14?,15+/m0/s1. The SMILES string of the molecule is CCNc1ccc2c(=O)n(C3CC3)cc(N(C)C(=N)S[C@H](C)[C@@H](C)C(C)F)c2c1. The van der Waals surface area contributed by atoms with E-state index in [1.807, 2.05) is 61.7 Å². The molecular formula is C22H31FN4OS. The molecule has 2 aromatic rings. The number of nitrogens with zero attached hydrogens (tertiary/aromatic N) is 2. The van der Waals surface area contributed by atoms with Crippen LogP contribution in [0.2, 0.25) is 0 Å². The molecule has 2 N–H and O–H groups in total. The van der Waals surface area contributed by atoms with Gasteiger partial charge in [0.2, 0.25) is 0 Å². The van der Waals surface area contributed by atoms with Crippen LogP contribution in [0.25, 0.3) is 10.8 Å². The quantitative estimate of drug-likeness (QED) is 0.476. The number of amidine groups is 1. The van der Waals surface area contributed by atoms with Gasteiger partial charge in [0.25, 0.3) is 5.56 Å². The summed E-state index contributed by atoms with van der Waals surface area (Å²) in [5.41, 5.74) is 1.80. The number of hydrogen-bond donors (Lipinski definition) is 2. The molecular weight excluding hydrogens is 387 g/mol. The van der Waals surface area contributed by atoms with Crippen LogP contribution in [-0.4, -0.2) is 34.7 Å². The number of nitrogens with one attached hydrogen (secondary N) is 2. The second-order valence-corrected chi connectivity index (χ2v) is 9.34. The number of halogens is 1. The molecule has 3 atom stereocenters. The molecule has 0 spiro atoms. The molecule has 0 saturated heterocycles. The van der Waals surface area contributed by atoms with E-state index in [1.54, 1.807) is 6.92 Å². The Morgan fingerprint density at radius 1 is 1.34 bits per heavy atom. The van der Waals surface area contributed by atoms with Crippen LogP contribution in [0.4, 0.5) is 15.8 Å². The van der Waals surface area contributed by atoms with Gasteiger partial charge in [-0.2, -0.15) is 0 Å². The first kappa shape index (κ1) is 21.7. The summed E-state index contributed by atoms with van der Waals surface area (Å²) >= 11 is 1.36. The minimum Gasteiger partial charge on any atom is -0.385 e. The second-order valence-electron chi connectivity index (χ2n) is 7.97. The number of thioether (sulfide) groups is 1. The minimum atomic E-state index is -0.920. The molecule has 0 radical (unpaired) electrons. The van der Waals surface area contributed by atoms with Crippen molar-refractivity contribution in [2.45, 2.75) is 58.0 Å². The zero-order chi connectivity index (χ0) is 21.3. The van der Waals surface area contributed by atoms with E-state index in [0.29, 0.717) is 10.6 Å². The van der Waals surface area contributed by atoms with Crippen LogP contribution in [0.1, 0.15) is 46.6 Å². The topological polar surface area (TPSA) is 61.1 Å². The first-order valence-electron chi connectivity index (χ1n) is 10.3. The zero-order valence-corrected chi connectivity index (χ0v) is 18.6. The Morgan fingerprint density at radius 2 is 2.03 bits per heavy atom. The van der Waals surface area contributed by atoms with Crippen LogP contribution in [0.3, 0.4) is 0 Å². The Morgan fingerprint density at radius 3 is 2.62 bits per heavy atom. The number of rotatable bonds is 7. The van der Waals surface area contributed by atoms with E-state index in [-0.39, 0.29) is 22.8 Å². The summed E-state index contributed by atoms with van der Waals surface area (Å²) in [7, 11) is 1.85. The van der Waals surface area contributed by atoms with Crippen LogP contribution in [0.15, 0.2) is 29.2 Å². The molecule has 3 rings (SSSR count). The summed E-state index contributed by atoms with van der Waals surface area (Å²) in [6.07, 6.45) is 2.99. The van der Waals surface area contributed by atoms with Gasteiger partial charge in [-0.25, -0.2) is 4.39 Å². The summed E-state index contributed by atoms with van der Waals surface area (Å²) in [6, 6.07) is 6.04. The third kappa shape index (κ3) is 4.60. The average Bonchev–Trinajstić information content (AvgIpc) is 3.52. The molecule has 7 heteroatoms. The molecule has 1 aromatic carbocycles. The van der Waals surface area contributed by atoms with Gasteiger partial charge in [-0.1, -0.05) is 25.6 Å². The van der Waals surface area contributed by atoms with Gasteiger partial charge in [0.05, 0.1) is 5.69 Å². The third-order valence-corrected chi connectivity index (χ3v) is 7.07. The molecule has 1 unspecified atom stereocenters. The minimum absolute atomic E-state index is 0.0233. The van der Waals surface area contributed by atoms with Crippen LogP contribution in [-0.2, 0) is 0 Å². The van der Waals surface area contributed by atoms with E-state index in [4.69, 9.17) is 5.41 Å². The average molecular weight is 419 g/mol. The lowest BCUT2D eigenvalue weighted by molar-refractivity contribution is 0.264. The van der Waals surface area contributed by atoms with E-state index >= 15 is 0 Å². The summed E-state index contributed by atoms with van der Waals surface area (Å²) in [4.78, 5) is 14.8. The molecule has 29 heavy (non-hydrogen) atoms. The van der Waals surface area contributed by atoms with Gasteiger partial charge in [0.15, 0.2) is 5.17 Å². The van der Waals surface area contributed by atoms with Gasteiger partial charge >= 0.3 is 0 Å². The van der Waals surface area contributed by atoms with Crippen molar-refractivity contribution in [1.82, 2.24) is 4.57 Å². The summed E-state index contributed by atoms with van der Waals surface area (Å²) in [5.74, 6) is -0.147. The Kier molecular flexibility index (Phi) is 6.56. The number of fused-ring (bicyclic) bond motifs is 1. The predicted octanol–water partition coefficient (Wildman–Crippen LogP) is 5.25.